The fourth-order valence-electron chi connectivity index (χ4n) is 2.33. The van der Waals surface area contributed by atoms with Crippen molar-refractivity contribution >= 4 is 0 Å². The zero-order valence-corrected chi connectivity index (χ0v) is 11.5. The molecule has 1 heteroatoms. The Morgan fingerprint density at radius 1 is 0.722 bits per heavy atom. The number of aryl methyl sites for hydroxylation is 4. The van der Waals surface area contributed by atoms with Gasteiger partial charge in [-0.2, -0.15) is 0 Å². The maximum Gasteiger partial charge on any atom is 0.0686 e. The number of hydrogen-bond donors (Lipinski definition) is 1. The lowest BCUT2D eigenvalue weighted by molar-refractivity contribution is 0.280. The van der Waals surface area contributed by atoms with Crippen molar-refractivity contribution in [2.75, 3.05) is 0 Å². The third-order valence-electron chi connectivity index (χ3n) is 3.69. The topological polar surface area (TPSA) is 20.2 Å². The van der Waals surface area contributed by atoms with Crippen LogP contribution in [0.1, 0.15) is 27.8 Å². The first kappa shape index (κ1) is 12.8. The molecule has 0 aliphatic rings. The highest BCUT2D eigenvalue weighted by atomic mass is 16.3. The number of aliphatic hydroxyl groups excluding tert-OH is 1. The van der Waals surface area contributed by atoms with Crippen molar-refractivity contribution in [3.63, 3.8) is 0 Å². The van der Waals surface area contributed by atoms with Gasteiger partial charge in [0.1, 0.15) is 0 Å². The summed E-state index contributed by atoms with van der Waals surface area (Å²) in [5.41, 5.74) is 8.46. The summed E-state index contributed by atoms with van der Waals surface area (Å²) in [7, 11) is 0. The van der Waals surface area contributed by atoms with E-state index in [1.807, 2.05) is 0 Å². The van der Waals surface area contributed by atoms with Gasteiger partial charge in [-0.3, -0.25) is 0 Å². The molecule has 2 rings (SSSR count). The van der Waals surface area contributed by atoms with Crippen LogP contribution in [-0.2, 0) is 6.61 Å². The van der Waals surface area contributed by atoms with Crippen LogP contribution in [0.15, 0.2) is 30.3 Å². The molecule has 1 N–H and O–H groups in total. The molecule has 0 spiro atoms. The average molecular weight is 240 g/mol. The summed E-state index contributed by atoms with van der Waals surface area (Å²) in [6, 6.07) is 10.9. The average Bonchev–Trinajstić information content (AvgIpc) is 2.32. The van der Waals surface area contributed by atoms with Gasteiger partial charge < -0.3 is 5.11 Å². The Morgan fingerprint density at radius 2 is 1.28 bits per heavy atom. The van der Waals surface area contributed by atoms with Gasteiger partial charge in [-0.1, -0.05) is 30.3 Å². The minimum absolute atomic E-state index is 0.116. The largest absolute Gasteiger partial charge is 0.392 e. The molecule has 0 amide bonds. The number of aliphatic hydroxyl groups is 1. The zero-order valence-electron chi connectivity index (χ0n) is 11.5. The molecule has 18 heavy (non-hydrogen) atoms. The third-order valence-corrected chi connectivity index (χ3v) is 3.69. The number of benzene rings is 2. The summed E-state index contributed by atoms with van der Waals surface area (Å²) >= 11 is 0. The van der Waals surface area contributed by atoms with Gasteiger partial charge in [0.15, 0.2) is 0 Å². The van der Waals surface area contributed by atoms with Crippen LogP contribution in [0.3, 0.4) is 0 Å². The van der Waals surface area contributed by atoms with E-state index >= 15 is 0 Å². The van der Waals surface area contributed by atoms with E-state index in [0.717, 1.165) is 16.7 Å². The Morgan fingerprint density at radius 3 is 1.78 bits per heavy atom. The molecule has 0 fully saturated rings. The van der Waals surface area contributed by atoms with Crippen molar-refractivity contribution in [2.45, 2.75) is 34.3 Å². The third kappa shape index (κ3) is 2.32. The highest BCUT2D eigenvalue weighted by Crippen LogP contribution is 2.26. The lowest BCUT2D eigenvalue weighted by Gasteiger charge is -2.12. The predicted octanol–water partition coefficient (Wildman–Crippen LogP) is 4.08. The van der Waals surface area contributed by atoms with Crippen LogP contribution in [-0.4, -0.2) is 5.11 Å². The van der Waals surface area contributed by atoms with Gasteiger partial charge in [-0.25, -0.2) is 0 Å². The van der Waals surface area contributed by atoms with E-state index in [1.54, 1.807) is 0 Å². The first-order valence-electron chi connectivity index (χ1n) is 6.31. The van der Waals surface area contributed by atoms with Crippen molar-refractivity contribution in [3.8, 4) is 11.1 Å². The second-order valence-electron chi connectivity index (χ2n) is 5.05. The quantitative estimate of drug-likeness (QED) is 0.838. The molecule has 0 saturated heterocycles. The zero-order chi connectivity index (χ0) is 13.3. The van der Waals surface area contributed by atoms with Gasteiger partial charge in [0.05, 0.1) is 6.61 Å². The second kappa shape index (κ2) is 4.95. The molecule has 0 aromatic heterocycles. The van der Waals surface area contributed by atoms with Gasteiger partial charge in [-0.15, -0.1) is 0 Å². The van der Waals surface area contributed by atoms with E-state index in [9.17, 15) is 5.11 Å². The Bertz CT molecular complexity index is 559. The number of hydrogen-bond acceptors (Lipinski definition) is 1. The fraction of sp³-hybridized carbons (Fsp3) is 0.294. The highest BCUT2D eigenvalue weighted by molar-refractivity contribution is 5.67. The van der Waals surface area contributed by atoms with Crippen LogP contribution in [0, 0.1) is 27.7 Å². The normalized spacial score (nSPS) is 10.7. The van der Waals surface area contributed by atoms with Gasteiger partial charge in [-0.05, 0) is 66.6 Å². The molecule has 2 aromatic carbocycles. The molecule has 94 valence electrons. The summed E-state index contributed by atoms with van der Waals surface area (Å²) in [6.07, 6.45) is 0. The maximum absolute atomic E-state index is 9.34. The maximum atomic E-state index is 9.34. The van der Waals surface area contributed by atoms with Gasteiger partial charge in [0, 0.05) is 0 Å². The molecule has 0 bridgehead atoms. The van der Waals surface area contributed by atoms with Crippen molar-refractivity contribution in [2.24, 2.45) is 0 Å². The first-order chi connectivity index (χ1) is 8.52. The first-order valence-corrected chi connectivity index (χ1v) is 6.31. The van der Waals surface area contributed by atoms with Crippen molar-refractivity contribution in [3.05, 3.63) is 58.1 Å². The standard InChI is InChI=1S/C17H20O/c1-11-5-6-15(7-12(11)2)16-8-13(3)17(10-18)14(4)9-16/h5-9,18H,10H2,1-4H3. The molecular formula is C17H20O. The van der Waals surface area contributed by atoms with Crippen LogP contribution in [0.4, 0.5) is 0 Å². The predicted molar refractivity (Wildman–Crippen MR) is 76.7 cm³/mol. The lowest BCUT2D eigenvalue weighted by atomic mass is 9.94. The van der Waals surface area contributed by atoms with Crippen LogP contribution in [0.2, 0.25) is 0 Å². The van der Waals surface area contributed by atoms with Gasteiger partial charge >= 0.3 is 0 Å². The number of rotatable bonds is 2. The second-order valence-corrected chi connectivity index (χ2v) is 5.05. The molecule has 0 radical (unpaired) electrons. The molecule has 0 aliphatic heterocycles. The summed E-state index contributed by atoms with van der Waals surface area (Å²) in [4.78, 5) is 0. The Hall–Kier alpha value is -1.60. The Balaban J connectivity index is 2.54. The van der Waals surface area contributed by atoms with Crippen LogP contribution in [0.5, 0.6) is 0 Å². The Labute approximate surface area is 109 Å². The molecule has 0 heterocycles. The van der Waals surface area contributed by atoms with E-state index in [0.29, 0.717) is 0 Å². The molecule has 0 unspecified atom stereocenters. The molecule has 1 nitrogen and oxygen atoms in total. The molecule has 0 aliphatic carbocycles. The van der Waals surface area contributed by atoms with Crippen molar-refractivity contribution < 1.29 is 5.11 Å². The van der Waals surface area contributed by atoms with Gasteiger partial charge in [0.25, 0.3) is 0 Å². The summed E-state index contributed by atoms with van der Waals surface area (Å²) < 4.78 is 0. The molecular weight excluding hydrogens is 220 g/mol. The molecule has 2 aromatic rings. The molecule has 0 saturated carbocycles. The summed E-state index contributed by atoms with van der Waals surface area (Å²) in [6.45, 7) is 8.50. The fourth-order valence-corrected chi connectivity index (χ4v) is 2.33. The van der Waals surface area contributed by atoms with E-state index in [1.165, 1.54) is 22.3 Å². The van der Waals surface area contributed by atoms with Crippen molar-refractivity contribution in [1.29, 1.82) is 0 Å². The smallest absolute Gasteiger partial charge is 0.0686 e. The van der Waals surface area contributed by atoms with E-state index in [-0.39, 0.29) is 6.61 Å². The van der Waals surface area contributed by atoms with Crippen LogP contribution < -0.4 is 0 Å². The van der Waals surface area contributed by atoms with Crippen LogP contribution in [0.25, 0.3) is 11.1 Å². The van der Waals surface area contributed by atoms with E-state index in [2.05, 4.69) is 58.0 Å². The lowest BCUT2D eigenvalue weighted by Crippen LogP contribution is -1.94. The van der Waals surface area contributed by atoms with E-state index in [4.69, 9.17) is 0 Å². The minimum Gasteiger partial charge on any atom is -0.392 e. The summed E-state index contributed by atoms with van der Waals surface area (Å²) in [5, 5.41) is 9.34. The SMILES string of the molecule is Cc1ccc(-c2cc(C)c(CO)c(C)c2)cc1C. The highest BCUT2D eigenvalue weighted by Gasteiger charge is 2.06. The Kier molecular flexibility index (Phi) is 3.53. The van der Waals surface area contributed by atoms with E-state index < -0.39 is 0 Å². The van der Waals surface area contributed by atoms with Gasteiger partial charge in [0.2, 0.25) is 0 Å². The monoisotopic (exact) mass is 240 g/mol. The van der Waals surface area contributed by atoms with Crippen LogP contribution >= 0.6 is 0 Å². The minimum atomic E-state index is 0.116. The summed E-state index contributed by atoms with van der Waals surface area (Å²) in [5.74, 6) is 0. The van der Waals surface area contributed by atoms with Crippen molar-refractivity contribution in [1.82, 2.24) is 0 Å². The molecule has 0 atom stereocenters.